The Morgan fingerprint density at radius 1 is 1.00 bits per heavy atom. The molecule has 212 valence electrons. The molecule has 1 atom stereocenters. The molecule has 4 aromatic rings. The van der Waals surface area contributed by atoms with Gasteiger partial charge in [-0.25, -0.2) is 4.98 Å². The molecule has 0 aliphatic carbocycles. The SMILES string of the molecule is Cc1cc(Nc2cc(Nc3ccccc3S(=O)C(C)C)c3cc[nH]c3n2)c(OC(C)C)cc1C1CCN(C)CC1. The molecule has 2 aromatic carbocycles. The van der Waals surface area contributed by atoms with E-state index in [0.717, 1.165) is 64.7 Å². The van der Waals surface area contributed by atoms with Crippen LogP contribution in [0.25, 0.3) is 11.0 Å². The van der Waals surface area contributed by atoms with Gasteiger partial charge in [0.1, 0.15) is 17.2 Å². The topological polar surface area (TPSA) is 82.3 Å². The second-order valence-electron chi connectivity index (χ2n) is 11.3. The summed E-state index contributed by atoms with van der Waals surface area (Å²) in [7, 11) is 1.08. The summed E-state index contributed by atoms with van der Waals surface area (Å²) in [6, 6.07) is 16.2. The zero-order valence-electron chi connectivity index (χ0n) is 24.4. The fourth-order valence-electron chi connectivity index (χ4n) is 5.40. The van der Waals surface area contributed by atoms with Crippen molar-refractivity contribution in [3.63, 3.8) is 0 Å². The molecule has 0 bridgehead atoms. The van der Waals surface area contributed by atoms with Crippen molar-refractivity contribution in [2.45, 2.75) is 69.6 Å². The number of nitrogens with one attached hydrogen (secondary N) is 3. The van der Waals surface area contributed by atoms with Gasteiger partial charge in [-0.3, -0.25) is 4.21 Å². The molecule has 0 saturated carbocycles. The van der Waals surface area contributed by atoms with Crippen molar-refractivity contribution >= 4 is 44.7 Å². The molecule has 1 fully saturated rings. The Labute approximate surface area is 240 Å². The number of anilines is 4. The summed E-state index contributed by atoms with van der Waals surface area (Å²) in [5, 5.41) is 8.08. The Bertz CT molecular complexity index is 1500. The molecule has 0 amide bonds. The number of aromatic amines is 1. The van der Waals surface area contributed by atoms with Crippen molar-refractivity contribution in [2.75, 3.05) is 30.8 Å². The van der Waals surface area contributed by atoms with Crippen LogP contribution in [0, 0.1) is 6.92 Å². The highest BCUT2D eigenvalue weighted by Crippen LogP contribution is 2.39. The van der Waals surface area contributed by atoms with Gasteiger partial charge in [-0.1, -0.05) is 26.0 Å². The second-order valence-corrected chi connectivity index (χ2v) is 13.3. The number of H-pyrrole nitrogens is 1. The molecule has 1 aliphatic heterocycles. The number of ether oxygens (including phenoxy) is 1. The van der Waals surface area contributed by atoms with E-state index in [2.05, 4.69) is 60.5 Å². The van der Waals surface area contributed by atoms with Gasteiger partial charge in [0.15, 0.2) is 0 Å². The summed E-state index contributed by atoms with van der Waals surface area (Å²) in [5.74, 6) is 2.08. The quantitative estimate of drug-likeness (QED) is 0.197. The molecule has 3 heterocycles. The van der Waals surface area contributed by atoms with Crippen LogP contribution in [0.3, 0.4) is 0 Å². The van der Waals surface area contributed by atoms with Crippen LogP contribution in [0.4, 0.5) is 22.9 Å². The molecular formula is C32H41N5O2S. The molecule has 1 aliphatic rings. The van der Waals surface area contributed by atoms with Gasteiger partial charge in [0.05, 0.1) is 38.9 Å². The third kappa shape index (κ3) is 6.18. The van der Waals surface area contributed by atoms with Crippen LogP contribution >= 0.6 is 0 Å². The Morgan fingerprint density at radius 3 is 2.48 bits per heavy atom. The third-order valence-corrected chi connectivity index (χ3v) is 9.13. The van der Waals surface area contributed by atoms with Crippen molar-refractivity contribution in [1.29, 1.82) is 0 Å². The standard InChI is InChI=1S/C32H41N5O2S/c1-20(2)39-29-18-25(23-12-15-37(6)16-13-23)22(5)17-28(29)35-31-19-27(24-11-14-33-32(24)36-31)34-26-9-7-8-10-30(26)40(38)21(3)4/h7-11,14,17-21,23H,12-13,15-16H2,1-6H3,(H3,33,34,35,36). The number of hydrogen-bond acceptors (Lipinski definition) is 6. The van der Waals surface area contributed by atoms with Crippen LogP contribution in [0.1, 0.15) is 57.6 Å². The second kappa shape index (κ2) is 12.0. The van der Waals surface area contributed by atoms with E-state index in [9.17, 15) is 4.21 Å². The molecule has 0 radical (unpaired) electrons. The van der Waals surface area contributed by atoms with Crippen LogP contribution < -0.4 is 15.4 Å². The number of para-hydroxylation sites is 1. The van der Waals surface area contributed by atoms with Gasteiger partial charge in [-0.15, -0.1) is 0 Å². The number of piperidine rings is 1. The van der Waals surface area contributed by atoms with E-state index < -0.39 is 10.8 Å². The maximum absolute atomic E-state index is 13.0. The lowest BCUT2D eigenvalue weighted by Gasteiger charge is -2.31. The first-order chi connectivity index (χ1) is 19.2. The number of aromatic nitrogens is 2. The first-order valence-electron chi connectivity index (χ1n) is 14.2. The summed E-state index contributed by atoms with van der Waals surface area (Å²) in [4.78, 5) is 11.3. The minimum atomic E-state index is -1.12. The number of rotatable bonds is 9. The Kier molecular flexibility index (Phi) is 8.47. The van der Waals surface area contributed by atoms with E-state index in [1.807, 2.05) is 56.4 Å². The van der Waals surface area contributed by atoms with Gasteiger partial charge in [0, 0.05) is 22.9 Å². The zero-order valence-corrected chi connectivity index (χ0v) is 25.2. The number of aryl methyl sites for hydroxylation is 1. The lowest BCUT2D eigenvalue weighted by molar-refractivity contribution is 0.241. The smallest absolute Gasteiger partial charge is 0.143 e. The molecule has 2 aromatic heterocycles. The first-order valence-corrected chi connectivity index (χ1v) is 15.4. The predicted octanol–water partition coefficient (Wildman–Crippen LogP) is 7.47. The number of fused-ring (bicyclic) bond motifs is 1. The molecule has 3 N–H and O–H groups in total. The lowest BCUT2D eigenvalue weighted by Crippen LogP contribution is -2.29. The fourth-order valence-corrected chi connectivity index (χ4v) is 6.46. The summed E-state index contributed by atoms with van der Waals surface area (Å²) < 4.78 is 19.3. The maximum Gasteiger partial charge on any atom is 0.143 e. The van der Waals surface area contributed by atoms with Crippen molar-refractivity contribution in [1.82, 2.24) is 14.9 Å². The van der Waals surface area contributed by atoms with Crippen molar-refractivity contribution in [3.8, 4) is 5.75 Å². The number of nitrogens with zero attached hydrogens (tertiary/aromatic N) is 2. The molecule has 8 heteroatoms. The van der Waals surface area contributed by atoms with Gasteiger partial charge in [0.2, 0.25) is 0 Å². The van der Waals surface area contributed by atoms with Gasteiger partial charge in [-0.2, -0.15) is 0 Å². The van der Waals surface area contributed by atoms with Crippen LogP contribution in [-0.2, 0) is 10.8 Å². The number of pyridine rings is 1. The van der Waals surface area contributed by atoms with E-state index in [0.29, 0.717) is 11.7 Å². The predicted molar refractivity (Wildman–Crippen MR) is 167 cm³/mol. The minimum Gasteiger partial charge on any atom is -0.489 e. The Balaban J connectivity index is 1.50. The van der Waals surface area contributed by atoms with Gasteiger partial charge >= 0.3 is 0 Å². The summed E-state index contributed by atoms with van der Waals surface area (Å²) in [6.45, 7) is 12.5. The van der Waals surface area contributed by atoms with Gasteiger partial charge in [-0.05, 0) is 101 Å². The third-order valence-electron chi connectivity index (χ3n) is 7.48. The largest absolute Gasteiger partial charge is 0.489 e. The van der Waals surface area contributed by atoms with Crippen molar-refractivity contribution in [2.24, 2.45) is 0 Å². The van der Waals surface area contributed by atoms with Crippen molar-refractivity contribution in [3.05, 3.63) is 65.9 Å². The molecular weight excluding hydrogens is 518 g/mol. The first kappa shape index (κ1) is 28.2. The van der Waals surface area contributed by atoms with Crippen LogP contribution in [0.5, 0.6) is 5.75 Å². The van der Waals surface area contributed by atoms with E-state index in [1.54, 1.807) is 0 Å². The molecule has 5 rings (SSSR count). The van der Waals surface area contributed by atoms with E-state index >= 15 is 0 Å². The Morgan fingerprint density at radius 2 is 1.75 bits per heavy atom. The average molecular weight is 560 g/mol. The van der Waals surface area contributed by atoms with E-state index in [-0.39, 0.29) is 11.4 Å². The van der Waals surface area contributed by atoms with Crippen LogP contribution in [0.15, 0.2) is 59.6 Å². The summed E-state index contributed by atoms with van der Waals surface area (Å²) in [5.41, 5.74) is 6.01. The highest BCUT2D eigenvalue weighted by Gasteiger charge is 2.22. The normalized spacial score (nSPS) is 15.6. The van der Waals surface area contributed by atoms with Gasteiger partial charge in [0.25, 0.3) is 0 Å². The van der Waals surface area contributed by atoms with Gasteiger partial charge < -0.3 is 25.3 Å². The van der Waals surface area contributed by atoms with E-state index in [1.165, 1.54) is 11.1 Å². The number of hydrogen-bond donors (Lipinski definition) is 3. The zero-order chi connectivity index (χ0) is 28.4. The van der Waals surface area contributed by atoms with Crippen LogP contribution in [0.2, 0.25) is 0 Å². The van der Waals surface area contributed by atoms with Crippen molar-refractivity contribution < 1.29 is 8.95 Å². The molecule has 0 spiro atoms. The molecule has 1 unspecified atom stereocenters. The fraction of sp³-hybridized carbons (Fsp3) is 0.406. The molecule has 40 heavy (non-hydrogen) atoms. The highest BCUT2D eigenvalue weighted by molar-refractivity contribution is 7.85. The van der Waals surface area contributed by atoms with Crippen LogP contribution in [-0.4, -0.2) is 50.6 Å². The number of likely N-dealkylation sites (tertiary alicyclic amines) is 1. The number of benzene rings is 2. The monoisotopic (exact) mass is 559 g/mol. The summed E-state index contributed by atoms with van der Waals surface area (Å²) >= 11 is 0. The lowest BCUT2D eigenvalue weighted by atomic mass is 9.86. The average Bonchev–Trinajstić information content (AvgIpc) is 3.39. The highest BCUT2D eigenvalue weighted by atomic mass is 32.2. The maximum atomic E-state index is 13.0. The molecule has 1 saturated heterocycles. The molecule has 7 nitrogen and oxygen atoms in total. The Hall–Kier alpha value is -3.36. The van der Waals surface area contributed by atoms with E-state index in [4.69, 9.17) is 9.72 Å². The minimum absolute atomic E-state index is 0.0185. The summed E-state index contributed by atoms with van der Waals surface area (Å²) in [6.07, 6.45) is 4.25.